The van der Waals surface area contributed by atoms with Gasteiger partial charge in [-0.15, -0.1) is 0 Å². The zero-order chi connectivity index (χ0) is 36.1. The van der Waals surface area contributed by atoms with Gasteiger partial charge in [-0.05, 0) is 110 Å². The summed E-state index contributed by atoms with van der Waals surface area (Å²) >= 11 is 0. The summed E-state index contributed by atoms with van der Waals surface area (Å²) in [4.78, 5) is 2.42. The third kappa shape index (κ3) is 4.14. The van der Waals surface area contributed by atoms with Crippen molar-refractivity contribution in [2.24, 2.45) is 0 Å². The monoisotopic (exact) mass is 699 g/mol. The van der Waals surface area contributed by atoms with Crippen LogP contribution in [0.25, 0.3) is 66.1 Å². The number of rotatable bonds is 3. The van der Waals surface area contributed by atoms with E-state index in [2.05, 4.69) is 205 Å². The number of benzene rings is 9. The van der Waals surface area contributed by atoms with Gasteiger partial charge in [0.05, 0.1) is 11.1 Å². The van der Waals surface area contributed by atoms with E-state index < -0.39 is 5.41 Å². The van der Waals surface area contributed by atoms with E-state index in [9.17, 15) is 0 Å². The highest BCUT2D eigenvalue weighted by molar-refractivity contribution is 6.09. The SMILES string of the molecule is c1ccc(N(c2ccc3c(c2)-c2ccccc2-c2ccccc2C32c3ccccc3-c3cc4c(cc32)oc2ccccc24)c2cccc3ccccc23)cc1. The lowest BCUT2D eigenvalue weighted by molar-refractivity contribution is 0.666. The van der Waals surface area contributed by atoms with E-state index >= 15 is 0 Å². The second-order valence-electron chi connectivity index (χ2n) is 14.8. The summed E-state index contributed by atoms with van der Waals surface area (Å²) in [6, 6.07) is 73.5. The van der Waals surface area contributed by atoms with Crippen molar-refractivity contribution in [3.63, 3.8) is 0 Å². The molecule has 0 saturated carbocycles. The van der Waals surface area contributed by atoms with Crippen LogP contribution in [0.4, 0.5) is 17.1 Å². The molecule has 2 aliphatic carbocycles. The van der Waals surface area contributed by atoms with Crippen molar-refractivity contribution in [2.45, 2.75) is 5.41 Å². The molecule has 1 spiro atoms. The van der Waals surface area contributed by atoms with Crippen LogP contribution in [0.3, 0.4) is 0 Å². The topological polar surface area (TPSA) is 16.4 Å². The molecule has 10 aromatic rings. The van der Waals surface area contributed by atoms with Crippen LogP contribution in [-0.2, 0) is 5.41 Å². The Balaban J connectivity index is 1.22. The molecule has 0 amide bonds. The van der Waals surface area contributed by atoms with Gasteiger partial charge in [-0.2, -0.15) is 0 Å². The van der Waals surface area contributed by atoms with E-state index in [4.69, 9.17) is 4.42 Å². The normalized spacial score (nSPS) is 15.0. The van der Waals surface area contributed by atoms with Gasteiger partial charge in [0.1, 0.15) is 11.2 Å². The lowest BCUT2D eigenvalue weighted by atomic mass is 9.66. The predicted octanol–water partition coefficient (Wildman–Crippen LogP) is 14.2. The Morgan fingerprint density at radius 2 is 0.909 bits per heavy atom. The summed E-state index contributed by atoms with van der Waals surface area (Å²) < 4.78 is 6.66. The van der Waals surface area contributed by atoms with Crippen LogP contribution in [0.5, 0.6) is 0 Å². The predicted molar refractivity (Wildman–Crippen MR) is 228 cm³/mol. The van der Waals surface area contributed by atoms with Crippen LogP contribution in [0.15, 0.2) is 205 Å². The van der Waals surface area contributed by atoms with Gasteiger partial charge in [-0.1, -0.05) is 152 Å². The summed E-state index contributed by atoms with van der Waals surface area (Å²) in [7, 11) is 0. The van der Waals surface area contributed by atoms with E-state index in [-0.39, 0.29) is 0 Å². The first-order valence-electron chi connectivity index (χ1n) is 19.0. The van der Waals surface area contributed by atoms with Crippen molar-refractivity contribution in [3.05, 3.63) is 222 Å². The van der Waals surface area contributed by atoms with Gasteiger partial charge >= 0.3 is 0 Å². The van der Waals surface area contributed by atoms with Crippen LogP contribution >= 0.6 is 0 Å². The number of anilines is 3. The number of fused-ring (bicyclic) bond motifs is 16. The zero-order valence-corrected chi connectivity index (χ0v) is 29.9. The molecule has 256 valence electrons. The van der Waals surface area contributed by atoms with E-state index in [1.807, 2.05) is 0 Å². The van der Waals surface area contributed by atoms with Crippen molar-refractivity contribution in [3.8, 4) is 33.4 Å². The quantitative estimate of drug-likeness (QED) is 0.183. The molecule has 1 heterocycles. The lowest BCUT2D eigenvalue weighted by Crippen LogP contribution is -2.29. The highest BCUT2D eigenvalue weighted by atomic mass is 16.3. The molecule has 0 radical (unpaired) electrons. The molecule has 12 rings (SSSR count). The molecule has 0 aliphatic heterocycles. The van der Waals surface area contributed by atoms with Crippen molar-refractivity contribution in [1.82, 2.24) is 0 Å². The third-order valence-electron chi connectivity index (χ3n) is 12.1. The number of hydrogen-bond acceptors (Lipinski definition) is 2. The molecule has 0 bridgehead atoms. The molecule has 2 heteroatoms. The second kappa shape index (κ2) is 11.4. The van der Waals surface area contributed by atoms with Gasteiger partial charge in [0, 0.05) is 27.5 Å². The minimum Gasteiger partial charge on any atom is -0.456 e. The largest absolute Gasteiger partial charge is 0.456 e. The third-order valence-corrected chi connectivity index (χ3v) is 12.1. The Morgan fingerprint density at radius 3 is 1.71 bits per heavy atom. The summed E-state index contributed by atoms with van der Waals surface area (Å²) in [6.07, 6.45) is 0. The first-order chi connectivity index (χ1) is 27.3. The molecule has 1 aromatic heterocycles. The van der Waals surface area contributed by atoms with Crippen molar-refractivity contribution in [1.29, 1.82) is 0 Å². The van der Waals surface area contributed by atoms with Crippen molar-refractivity contribution < 1.29 is 4.42 Å². The molecule has 9 aromatic carbocycles. The van der Waals surface area contributed by atoms with Crippen LogP contribution in [-0.4, -0.2) is 0 Å². The van der Waals surface area contributed by atoms with Crippen LogP contribution in [0, 0.1) is 0 Å². The average Bonchev–Trinajstić information content (AvgIpc) is 3.73. The maximum atomic E-state index is 6.66. The average molecular weight is 700 g/mol. The second-order valence-corrected chi connectivity index (χ2v) is 14.8. The van der Waals surface area contributed by atoms with Gasteiger partial charge in [-0.3, -0.25) is 0 Å². The summed E-state index contributed by atoms with van der Waals surface area (Å²) in [6.45, 7) is 0. The molecule has 1 unspecified atom stereocenters. The van der Waals surface area contributed by atoms with Gasteiger partial charge < -0.3 is 9.32 Å². The van der Waals surface area contributed by atoms with Gasteiger partial charge in [0.15, 0.2) is 0 Å². The molecule has 2 aliphatic rings. The van der Waals surface area contributed by atoms with E-state index in [0.29, 0.717) is 0 Å². The van der Waals surface area contributed by atoms with Crippen LogP contribution < -0.4 is 4.90 Å². The molecule has 0 fully saturated rings. The first-order valence-corrected chi connectivity index (χ1v) is 19.0. The Morgan fingerprint density at radius 1 is 0.327 bits per heavy atom. The summed E-state index contributed by atoms with van der Waals surface area (Å²) in [5.74, 6) is 0. The number of hydrogen-bond donors (Lipinski definition) is 0. The molecular weight excluding hydrogens is 667 g/mol. The summed E-state index contributed by atoms with van der Waals surface area (Å²) in [5.41, 5.74) is 17.1. The molecular formula is C53H33NO. The Labute approximate surface area is 319 Å². The van der Waals surface area contributed by atoms with E-state index in [1.165, 1.54) is 66.4 Å². The fourth-order valence-electron chi connectivity index (χ4n) is 9.85. The fourth-order valence-corrected chi connectivity index (χ4v) is 9.85. The molecule has 1 atom stereocenters. The van der Waals surface area contributed by atoms with Crippen LogP contribution in [0.1, 0.15) is 22.3 Å². The lowest BCUT2D eigenvalue weighted by Gasteiger charge is -2.36. The van der Waals surface area contributed by atoms with Gasteiger partial charge in [-0.25, -0.2) is 0 Å². The number of furan rings is 1. The molecule has 55 heavy (non-hydrogen) atoms. The Bertz CT molecular complexity index is 3170. The van der Waals surface area contributed by atoms with Gasteiger partial charge in [0.2, 0.25) is 0 Å². The Kier molecular flexibility index (Phi) is 6.29. The standard InChI is InChI=1S/C53H33NO/c1-2-17-35(18-3-1)54(50-27-14-16-34-15-4-5-19-37(34)50)36-29-30-48-43(31-36)39-21-7-6-20-38(39)40-22-8-11-25-46(40)53(48)47-26-12-9-23-41(47)44-32-45-42-24-10-13-28-51(42)55-52(45)33-49(44)53/h1-33H. The van der Waals surface area contributed by atoms with Crippen molar-refractivity contribution >= 4 is 49.8 Å². The maximum Gasteiger partial charge on any atom is 0.135 e. The number of nitrogens with zero attached hydrogens (tertiary/aromatic N) is 1. The van der Waals surface area contributed by atoms with Gasteiger partial charge in [0.25, 0.3) is 0 Å². The van der Waals surface area contributed by atoms with E-state index in [0.717, 1.165) is 39.0 Å². The Hall–Kier alpha value is -7.16. The first kappa shape index (κ1) is 30.3. The smallest absolute Gasteiger partial charge is 0.135 e. The highest BCUT2D eigenvalue weighted by Crippen LogP contribution is 2.62. The van der Waals surface area contributed by atoms with Crippen LogP contribution in [0.2, 0.25) is 0 Å². The molecule has 0 saturated heterocycles. The highest BCUT2D eigenvalue weighted by Gasteiger charge is 2.50. The van der Waals surface area contributed by atoms with Crippen molar-refractivity contribution in [2.75, 3.05) is 4.90 Å². The molecule has 0 N–H and O–H groups in total. The zero-order valence-electron chi connectivity index (χ0n) is 29.9. The summed E-state index contributed by atoms with van der Waals surface area (Å²) in [5, 5.41) is 4.72. The minimum absolute atomic E-state index is 0.612. The maximum absolute atomic E-state index is 6.66. The minimum atomic E-state index is -0.612. The van der Waals surface area contributed by atoms with E-state index in [1.54, 1.807) is 0 Å². The number of para-hydroxylation sites is 2. The molecule has 2 nitrogen and oxygen atoms in total. The fraction of sp³-hybridized carbons (Fsp3) is 0.0189.